The highest BCUT2D eigenvalue weighted by molar-refractivity contribution is 7.15. The lowest BCUT2D eigenvalue weighted by molar-refractivity contribution is 0.101. The van der Waals surface area contributed by atoms with Crippen LogP contribution in [0.1, 0.15) is 15.6 Å². The fraction of sp³-hybridized carbons (Fsp3) is 0.0625. The Morgan fingerprint density at radius 2 is 2.00 bits per heavy atom. The van der Waals surface area contributed by atoms with E-state index in [2.05, 4.69) is 25.6 Å². The average molecular weight is 386 g/mol. The van der Waals surface area contributed by atoms with E-state index in [1.807, 2.05) is 17.5 Å². The lowest BCUT2D eigenvalue weighted by Crippen LogP contribution is -2.14. The van der Waals surface area contributed by atoms with Crippen molar-refractivity contribution in [3.63, 3.8) is 0 Å². The number of aryl methyl sites for hydroxylation is 1. The number of carbonyl (C=O) groups excluding carboxylic acids is 1. The molecule has 130 valence electrons. The van der Waals surface area contributed by atoms with Gasteiger partial charge in [0, 0.05) is 0 Å². The molecule has 0 saturated heterocycles. The van der Waals surface area contributed by atoms with Crippen LogP contribution in [0.5, 0.6) is 0 Å². The smallest absolute Gasteiger partial charge is 0.294 e. The number of hydrogen-bond donors (Lipinski definition) is 1. The molecule has 0 aliphatic carbocycles. The van der Waals surface area contributed by atoms with Crippen molar-refractivity contribution in [2.45, 2.75) is 6.92 Å². The first-order chi connectivity index (χ1) is 12.6. The molecule has 3 aromatic heterocycles. The molecule has 0 radical (unpaired) electrons. The summed E-state index contributed by atoms with van der Waals surface area (Å²) >= 11 is 2.73. The SMILES string of the molecule is Cc1nnc(NC(=O)c2nc(-c3cccs3)n(-c3ccc(F)cc3)n2)s1. The molecule has 0 aliphatic rings. The first-order valence-corrected chi connectivity index (χ1v) is 9.18. The van der Waals surface area contributed by atoms with Gasteiger partial charge < -0.3 is 0 Å². The van der Waals surface area contributed by atoms with Crippen LogP contribution in [-0.4, -0.2) is 30.9 Å². The largest absolute Gasteiger partial charge is 0.297 e. The van der Waals surface area contributed by atoms with Gasteiger partial charge in [0.1, 0.15) is 10.8 Å². The fourth-order valence-electron chi connectivity index (χ4n) is 2.24. The predicted molar refractivity (Wildman–Crippen MR) is 97.2 cm³/mol. The van der Waals surface area contributed by atoms with Crippen LogP contribution in [-0.2, 0) is 0 Å². The van der Waals surface area contributed by atoms with Crippen LogP contribution in [0.3, 0.4) is 0 Å². The Kier molecular flexibility index (Phi) is 4.27. The maximum Gasteiger partial charge on any atom is 0.297 e. The van der Waals surface area contributed by atoms with E-state index in [0.717, 1.165) is 9.88 Å². The second-order valence-electron chi connectivity index (χ2n) is 5.20. The van der Waals surface area contributed by atoms with E-state index in [9.17, 15) is 9.18 Å². The minimum atomic E-state index is -0.486. The average Bonchev–Trinajstić information content (AvgIpc) is 3.35. The summed E-state index contributed by atoms with van der Waals surface area (Å²) in [6.07, 6.45) is 0. The van der Waals surface area contributed by atoms with E-state index >= 15 is 0 Å². The molecule has 0 unspecified atom stereocenters. The van der Waals surface area contributed by atoms with Gasteiger partial charge >= 0.3 is 0 Å². The molecule has 4 aromatic rings. The van der Waals surface area contributed by atoms with Gasteiger partial charge in [0.05, 0.1) is 10.6 Å². The second kappa shape index (κ2) is 6.73. The first-order valence-electron chi connectivity index (χ1n) is 7.48. The van der Waals surface area contributed by atoms with Gasteiger partial charge in [0.15, 0.2) is 5.82 Å². The zero-order valence-corrected chi connectivity index (χ0v) is 15.0. The molecule has 0 atom stereocenters. The lowest BCUT2D eigenvalue weighted by atomic mass is 10.3. The summed E-state index contributed by atoms with van der Waals surface area (Å²) in [4.78, 5) is 17.7. The third-order valence-corrected chi connectivity index (χ3v) is 4.99. The van der Waals surface area contributed by atoms with E-state index in [-0.39, 0.29) is 11.6 Å². The van der Waals surface area contributed by atoms with Gasteiger partial charge in [-0.1, -0.05) is 17.4 Å². The van der Waals surface area contributed by atoms with Gasteiger partial charge in [0.25, 0.3) is 5.91 Å². The van der Waals surface area contributed by atoms with E-state index in [1.54, 1.807) is 19.1 Å². The summed E-state index contributed by atoms with van der Waals surface area (Å²) in [5.41, 5.74) is 0.605. The molecule has 10 heteroatoms. The van der Waals surface area contributed by atoms with Crippen molar-refractivity contribution in [1.82, 2.24) is 25.0 Å². The number of nitrogens with one attached hydrogen (secondary N) is 1. The maximum absolute atomic E-state index is 13.2. The highest BCUT2D eigenvalue weighted by atomic mass is 32.1. The molecule has 1 N–H and O–H groups in total. The van der Waals surface area contributed by atoms with Gasteiger partial charge in [-0.3, -0.25) is 10.1 Å². The Balaban J connectivity index is 1.73. The van der Waals surface area contributed by atoms with Crippen molar-refractivity contribution >= 4 is 33.7 Å². The summed E-state index contributed by atoms with van der Waals surface area (Å²) in [6.45, 7) is 1.80. The molecule has 0 saturated carbocycles. The van der Waals surface area contributed by atoms with Gasteiger partial charge in [-0.15, -0.1) is 26.6 Å². The minimum Gasteiger partial charge on any atom is -0.294 e. The Hall–Kier alpha value is -2.98. The van der Waals surface area contributed by atoms with Gasteiger partial charge in [-0.05, 0) is 42.6 Å². The van der Waals surface area contributed by atoms with Crippen LogP contribution < -0.4 is 5.32 Å². The zero-order valence-electron chi connectivity index (χ0n) is 13.4. The van der Waals surface area contributed by atoms with E-state index in [0.29, 0.717) is 16.6 Å². The van der Waals surface area contributed by atoms with Crippen molar-refractivity contribution in [2.75, 3.05) is 5.32 Å². The van der Waals surface area contributed by atoms with Crippen LogP contribution in [0.2, 0.25) is 0 Å². The number of nitrogens with zero attached hydrogens (tertiary/aromatic N) is 5. The summed E-state index contributed by atoms with van der Waals surface area (Å²) in [5.74, 6) is -0.341. The summed E-state index contributed by atoms with van der Waals surface area (Å²) in [6, 6.07) is 9.59. The molecular formula is C16H11FN6OS2. The number of benzene rings is 1. The second-order valence-corrected chi connectivity index (χ2v) is 7.33. The monoisotopic (exact) mass is 386 g/mol. The summed E-state index contributed by atoms with van der Waals surface area (Å²) in [7, 11) is 0. The van der Waals surface area contributed by atoms with Crippen LogP contribution >= 0.6 is 22.7 Å². The van der Waals surface area contributed by atoms with Crippen LogP contribution in [0, 0.1) is 12.7 Å². The Bertz CT molecular complexity index is 1060. The maximum atomic E-state index is 13.2. The molecule has 7 nitrogen and oxygen atoms in total. The molecular weight excluding hydrogens is 375 g/mol. The van der Waals surface area contributed by atoms with Crippen molar-refractivity contribution in [3.05, 3.63) is 58.4 Å². The van der Waals surface area contributed by atoms with Gasteiger partial charge in [-0.2, -0.15) is 0 Å². The number of thiophene rings is 1. The number of halogens is 1. The van der Waals surface area contributed by atoms with Crippen molar-refractivity contribution in [3.8, 4) is 16.4 Å². The molecule has 0 bridgehead atoms. The van der Waals surface area contributed by atoms with Gasteiger partial charge in [-0.25, -0.2) is 14.1 Å². The highest BCUT2D eigenvalue weighted by Gasteiger charge is 2.20. The normalized spacial score (nSPS) is 10.8. The molecule has 26 heavy (non-hydrogen) atoms. The Morgan fingerprint density at radius 1 is 1.19 bits per heavy atom. The van der Waals surface area contributed by atoms with Crippen LogP contribution in [0.4, 0.5) is 9.52 Å². The summed E-state index contributed by atoms with van der Waals surface area (Å²) < 4.78 is 14.8. The number of aromatic nitrogens is 5. The lowest BCUT2D eigenvalue weighted by Gasteiger charge is -2.03. The van der Waals surface area contributed by atoms with Gasteiger partial charge in [0.2, 0.25) is 11.0 Å². The number of anilines is 1. The van der Waals surface area contributed by atoms with E-state index in [1.165, 1.54) is 39.5 Å². The molecule has 4 rings (SSSR count). The van der Waals surface area contributed by atoms with E-state index in [4.69, 9.17) is 0 Å². The van der Waals surface area contributed by atoms with Crippen LogP contribution in [0.25, 0.3) is 16.4 Å². The molecule has 1 amide bonds. The van der Waals surface area contributed by atoms with Crippen molar-refractivity contribution in [1.29, 1.82) is 0 Å². The quantitative estimate of drug-likeness (QED) is 0.580. The third kappa shape index (κ3) is 3.24. The van der Waals surface area contributed by atoms with Crippen molar-refractivity contribution in [2.24, 2.45) is 0 Å². The predicted octanol–water partition coefficient (Wildman–Crippen LogP) is 3.55. The molecule has 3 heterocycles. The van der Waals surface area contributed by atoms with Crippen LogP contribution in [0.15, 0.2) is 41.8 Å². The Morgan fingerprint density at radius 3 is 2.65 bits per heavy atom. The topological polar surface area (TPSA) is 85.6 Å². The zero-order chi connectivity index (χ0) is 18.1. The third-order valence-electron chi connectivity index (χ3n) is 3.37. The molecule has 0 aliphatic heterocycles. The number of carbonyl (C=O) groups is 1. The number of hydrogen-bond acceptors (Lipinski definition) is 7. The number of rotatable bonds is 4. The highest BCUT2D eigenvalue weighted by Crippen LogP contribution is 2.26. The molecule has 0 fully saturated rings. The summed E-state index contributed by atoms with van der Waals surface area (Å²) in [5, 5.41) is 17.7. The first kappa shape index (κ1) is 16.5. The number of amides is 1. The standard InChI is InChI=1S/C16H11FN6OS2/c1-9-20-21-16(26-9)19-15(24)13-18-14(12-3-2-8-25-12)23(22-13)11-6-4-10(17)5-7-11/h2-8H,1H3,(H,19,21,24). The molecule has 1 aromatic carbocycles. The minimum absolute atomic E-state index is 0.00872. The van der Waals surface area contributed by atoms with Crippen molar-refractivity contribution < 1.29 is 9.18 Å². The van der Waals surface area contributed by atoms with E-state index < -0.39 is 5.91 Å². The Labute approximate surface area is 155 Å². The molecule has 0 spiro atoms. The fourth-order valence-corrected chi connectivity index (χ4v) is 3.52.